The second-order valence-corrected chi connectivity index (χ2v) is 3.29. The van der Waals surface area contributed by atoms with Crippen molar-refractivity contribution in [3.8, 4) is 0 Å². The minimum Gasteiger partial charge on any atom is -0.461 e. The van der Waals surface area contributed by atoms with E-state index in [1.54, 1.807) is 0 Å². The van der Waals surface area contributed by atoms with Crippen LogP contribution in [0.2, 0.25) is 0 Å². The van der Waals surface area contributed by atoms with Gasteiger partial charge in [0.15, 0.2) is 17.7 Å². The van der Waals surface area contributed by atoms with Crippen LogP contribution in [0.5, 0.6) is 0 Å². The Hall–Kier alpha value is -1.89. The van der Waals surface area contributed by atoms with E-state index in [1.807, 2.05) is 6.92 Å². The Morgan fingerprint density at radius 2 is 2.56 bits per heavy atom. The van der Waals surface area contributed by atoms with Crippen molar-refractivity contribution in [3.63, 3.8) is 0 Å². The number of ether oxygens (including phenoxy) is 1. The van der Waals surface area contributed by atoms with Crippen LogP contribution < -0.4 is 5.43 Å². The van der Waals surface area contributed by atoms with Crippen molar-refractivity contribution in [2.45, 2.75) is 19.6 Å². The van der Waals surface area contributed by atoms with E-state index < -0.39 is 12.2 Å². The summed E-state index contributed by atoms with van der Waals surface area (Å²) < 4.78 is 6.35. The first-order chi connectivity index (χ1) is 7.74. The first kappa shape index (κ1) is 10.6. The molecule has 1 aliphatic heterocycles. The second-order valence-electron chi connectivity index (χ2n) is 3.29. The van der Waals surface area contributed by atoms with E-state index in [0.717, 1.165) is 6.42 Å². The van der Waals surface area contributed by atoms with Crippen molar-refractivity contribution in [2.24, 2.45) is 5.10 Å². The molecule has 0 amide bonds. The molecule has 2 rings (SSSR count). The second kappa shape index (κ2) is 4.31. The number of carbonyl (C=O) groups excluding carboxylic acids is 1. The monoisotopic (exact) mass is 224 g/mol. The molecule has 2 N–H and O–H groups in total. The summed E-state index contributed by atoms with van der Waals surface area (Å²) in [5, 5.41) is 13.2. The maximum atomic E-state index is 11.6. The molecule has 0 bridgehead atoms. The molecule has 0 spiro atoms. The Bertz CT molecular complexity index is 426. The van der Waals surface area contributed by atoms with E-state index in [4.69, 9.17) is 4.74 Å². The van der Waals surface area contributed by atoms with Gasteiger partial charge >= 0.3 is 5.97 Å². The summed E-state index contributed by atoms with van der Waals surface area (Å²) in [5.74, 6) is -0.177. The predicted molar refractivity (Wildman–Crippen MR) is 56.2 cm³/mol. The fraction of sp³-hybridized carbons (Fsp3) is 0.444. The average Bonchev–Trinajstić information content (AvgIpc) is 2.71. The molecule has 1 atom stereocenters. The molecule has 0 saturated carbocycles. The van der Waals surface area contributed by atoms with Gasteiger partial charge in [-0.2, -0.15) is 5.10 Å². The highest BCUT2D eigenvalue weighted by Gasteiger charge is 2.23. The number of aromatic nitrogens is 2. The topological polar surface area (TPSA) is 88.7 Å². The van der Waals surface area contributed by atoms with Crippen LogP contribution in [-0.2, 0) is 4.74 Å². The number of imidazole rings is 1. The fourth-order valence-electron chi connectivity index (χ4n) is 1.32. The highest BCUT2D eigenvalue weighted by molar-refractivity contribution is 5.93. The SMILES string of the molecule is CCCOC(=O)c1ncn2c1NN=CC2O. The summed E-state index contributed by atoms with van der Waals surface area (Å²) in [4.78, 5) is 15.5. The molecule has 16 heavy (non-hydrogen) atoms. The minimum atomic E-state index is -0.906. The van der Waals surface area contributed by atoms with E-state index in [-0.39, 0.29) is 5.69 Å². The third kappa shape index (κ3) is 1.76. The molecule has 1 aromatic heterocycles. The van der Waals surface area contributed by atoms with Crippen LogP contribution in [0.3, 0.4) is 0 Å². The Kier molecular flexibility index (Phi) is 2.86. The first-order valence-corrected chi connectivity index (χ1v) is 4.95. The van der Waals surface area contributed by atoms with Gasteiger partial charge in [0.25, 0.3) is 0 Å². The van der Waals surface area contributed by atoms with Crippen LogP contribution in [0.25, 0.3) is 0 Å². The van der Waals surface area contributed by atoms with Gasteiger partial charge in [-0.1, -0.05) is 6.92 Å². The summed E-state index contributed by atoms with van der Waals surface area (Å²) in [6.07, 6.45) is 2.50. The molecule has 1 aromatic rings. The molecule has 1 unspecified atom stereocenters. The average molecular weight is 224 g/mol. The van der Waals surface area contributed by atoms with Gasteiger partial charge in [0, 0.05) is 0 Å². The molecule has 0 radical (unpaired) electrons. The van der Waals surface area contributed by atoms with E-state index in [2.05, 4.69) is 15.5 Å². The molecule has 0 aliphatic carbocycles. The molecule has 0 saturated heterocycles. The lowest BCUT2D eigenvalue weighted by molar-refractivity contribution is 0.0500. The number of hydrazone groups is 1. The third-order valence-corrected chi connectivity index (χ3v) is 2.09. The van der Waals surface area contributed by atoms with E-state index in [9.17, 15) is 9.90 Å². The van der Waals surface area contributed by atoms with Gasteiger partial charge in [-0.15, -0.1) is 0 Å². The highest BCUT2D eigenvalue weighted by atomic mass is 16.5. The van der Waals surface area contributed by atoms with Crippen LogP contribution in [0.15, 0.2) is 11.4 Å². The molecule has 86 valence electrons. The van der Waals surface area contributed by atoms with Crippen molar-refractivity contribution in [3.05, 3.63) is 12.0 Å². The number of anilines is 1. The van der Waals surface area contributed by atoms with Gasteiger partial charge < -0.3 is 9.84 Å². The molecule has 2 heterocycles. The standard InChI is InChI=1S/C9H12N4O3/c1-2-3-16-9(15)7-8-12-11-4-6(14)13(8)5-10-7/h4-6,12,14H,2-3H2,1H3. The van der Waals surface area contributed by atoms with Gasteiger partial charge in [0.05, 0.1) is 19.1 Å². The van der Waals surface area contributed by atoms with E-state index in [1.165, 1.54) is 17.1 Å². The van der Waals surface area contributed by atoms with Crippen LogP contribution in [0.1, 0.15) is 30.1 Å². The highest BCUT2D eigenvalue weighted by Crippen LogP contribution is 2.21. The van der Waals surface area contributed by atoms with Gasteiger partial charge in [0.1, 0.15) is 0 Å². The van der Waals surface area contributed by atoms with Gasteiger partial charge in [-0.25, -0.2) is 9.78 Å². The molecule has 7 nitrogen and oxygen atoms in total. The Morgan fingerprint density at radius 3 is 3.31 bits per heavy atom. The molecule has 0 fully saturated rings. The lowest BCUT2D eigenvalue weighted by atomic mass is 10.4. The molecule has 7 heteroatoms. The van der Waals surface area contributed by atoms with Crippen molar-refractivity contribution in [1.29, 1.82) is 0 Å². The maximum Gasteiger partial charge on any atom is 0.360 e. The molecular formula is C9H12N4O3. The Labute approximate surface area is 91.7 Å². The number of rotatable bonds is 3. The van der Waals surface area contributed by atoms with Crippen LogP contribution in [0, 0.1) is 0 Å². The molecule has 0 aromatic carbocycles. The zero-order chi connectivity index (χ0) is 11.5. The number of esters is 1. The number of aliphatic hydroxyl groups is 1. The Balaban J connectivity index is 2.21. The molecular weight excluding hydrogens is 212 g/mol. The Morgan fingerprint density at radius 1 is 1.75 bits per heavy atom. The van der Waals surface area contributed by atoms with Crippen LogP contribution in [-0.4, -0.2) is 33.4 Å². The van der Waals surface area contributed by atoms with E-state index in [0.29, 0.717) is 12.4 Å². The zero-order valence-corrected chi connectivity index (χ0v) is 8.75. The summed E-state index contributed by atoms with van der Waals surface area (Å²) in [6, 6.07) is 0. The zero-order valence-electron chi connectivity index (χ0n) is 8.75. The van der Waals surface area contributed by atoms with Crippen molar-refractivity contribution < 1.29 is 14.6 Å². The lowest BCUT2D eigenvalue weighted by Gasteiger charge is -2.15. The largest absolute Gasteiger partial charge is 0.461 e. The number of nitrogens with zero attached hydrogens (tertiary/aromatic N) is 3. The summed E-state index contributed by atoms with van der Waals surface area (Å²) in [5.41, 5.74) is 2.74. The number of aliphatic hydroxyl groups excluding tert-OH is 1. The van der Waals surface area contributed by atoms with E-state index >= 15 is 0 Å². The first-order valence-electron chi connectivity index (χ1n) is 4.95. The van der Waals surface area contributed by atoms with Crippen molar-refractivity contribution in [1.82, 2.24) is 9.55 Å². The van der Waals surface area contributed by atoms with Crippen molar-refractivity contribution in [2.75, 3.05) is 12.0 Å². The van der Waals surface area contributed by atoms with Gasteiger partial charge in [-0.3, -0.25) is 9.99 Å². The van der Waals surface area contributed by atoms with Crippen LogP contribution in [0.4, 0.5) is 5.82 Å². The summed E-state index contributed by atoms with van der Waals surface area (Å²) in [7, 11) is 0. The number of fused-ring (bicyclic) bond motifs is 1. The fourth-order valence-corrected chi connectivity index (χ4v) is 1.32. The maximum absolute atomic E-state index is 11.6. The predicted octanol–water partition coefficient (Wildman–Crippen LogP) is 0.352. The van der Waals surface area contributed by atoms with Crippen molar-refractivity contribution >= 4 is 18.0 Å². The summed E-state index contributed by atoms with van der Waals surface area (Å²) in [6.45, 7) is 2.25. The number of hydrogen-bond donors (Lipinski definition) is 2. The van der Waals surface area contributed by atoms with Crippen LogP contribution >= 0.6 is 0 Å². The minimum absolute atomic E-state index is 0.129. The quantitative estimate of drug-likeness (QED) is 0.723. The molecule has 1 aliphatic rings. The number of nitrogens with one attached hydrogen (secondary N) is 1. The number of hydrogen-bond acceptors (Lipinski definition) is 6. The summed E-state index contributed by atoms with van der Waals surface area (Å²) >= 11 is 0. The smallest absolute Gasteiger partial charge is 0.360 e. The van der Waals surface area contributed by atoms with Gasteiger partial charge in [-0.05, 0) is 6.42 Å². The van der Waals surface area contributed by atoms with Gasteiger partial charge in [0.2, 0.25) is 0 Å². The third-order valence-electron chi connectivity index (χ3n) is 2.09. The number of carbonyl (C=O) groups is 1. The lowest BCUT2D eigenvalue weighted by Crippen LogP contribution is -2.18. The normalized spacial score (nSPS) is 17.8.